The molecule has 1 N–H and O–H groups in total. The van der Waals surface area contributed by atoms with Crippen LogP contribution in [0.4, 0.5) is 5.69 Å². The second kappa shape index (κ2) is 5.15. The quantitative estimate of drug-likeness (QED) is 0.852. The molecule has 1 heterocycles. The number of hydrogen-bond acceptors (Lipinski definition) is 3. The van der Waals surface area contributed by atoms with Crippen LogP contribution in [-0.4, -0.2) is 22.9 Å². The van der Waals surface area contributed by atoms with Gasteiger partial charge in [-0.2, -0.15) is 0 Å². The van der Waals surface area contributed by atoms with Crippen molar-refractivity contribution in [1.82, 2.24) is 0 Å². The topological polar surface area (TPSA) is 74.7 Å². The van der Waals surface area contributed by atoms with Gasteiger partial charge in [-0.05, 0) is 31.0 Å². The zero-order valence-electron chi connectivity index (χ0n) is 11.2. The minimum atomic E-state index is -1.18. The molecule has 1 aromatic rings. The third-order valence-electron chi connectivity index (χ3n) is 4.28. The third-order valence-corrected chi connectivity index (χ3v) is 4.61. The van der Waals surface area contributed by atoms with Crippen molar-refractivity contribution in [3.8, 4) is 0 Å². The number of nitrogens with zero attached hydrogens (tertiary/aromatic N) is 1. The van der Waals surface area contributed by atoms with Gasteiger partial charge in [0.2, 0.25) is 11.8 Å². The summed E-state index contributed by atoms with van der Waals surface area (Å²) in [6.07, 6.45) is 3.36. The van der Waals surface area contributed by atoms with Crippen molar-refractivity contribution >= 4 is 35.1 Å². The van der Waals surface area contributed by atoms with E-state index in [0.717, 1.165) is 30.6 Å². The van der Waals surface area contributed by atoms with Crippen molar-refractivity contribution in [3.63, 3.8) is 0 Å². The number of imide groups is 1. The summed E-state index contributed by atoms with van der Waals surface area (Å²) in [4.78, 5) is 37.1. The van der Waals surface area contributed by atoms with Gasteiger partial charge in [0.25, 0.3) is 0 Å². The van der Waals surface area contributed by atoms with E-state index >= 15 is 0 Å². The molecule has 1 saturated carbocycles. The SMILES string of the molecule is O=C(O)c1cc(N2C(=O)C3CCCCC3C2=O)ccc1Cl. The lowest BCUT2D eigenvalue weighted by atomic mass is 9.81. The molecular formula is C15H14ClNO4. The fourth-order valence-electron chi connectivity index (χ4n) is 3.23. The van der Waals surface area contributed by atoms with Crippen LogP contribution in [0.3, 0.4) is 0 Å². The van der Waals surface area contributed by atoms with Gasteiger partial charge in [-0.25, -0.2) is 4.79 Å². The molecule has 1 saturated heterocycles. The largest absolute Gasteiger partial charge is 0.478 e. The lowest BCUT2D eigenvalue weighted by molar-refractivity contribution is -0.122. The zero-order chi connectivity index (χ0) is 15.1. The maximum Gasteiger partial charge on any atom is 0.337 e. The van der Waals surface area contributed by atoms with E-state index in [1.54, 1.807) is 0 Å². The Morgan fingerprint density at radius 1 is 1.14 bits per heavy atom. The molecule has 110 valence electrons. The second-order valence-corrected chi connectivity index (χ2v) is 5.89. The summed E-state index contributed by atoms with van der Waals surface area (Å²) in [7, 11) is 0. The molecule has 0 aromatic heterocycles. The van der Waals surface area contributed by atoms with Crippen LogP contribution in [0.5, 0.6) is 0 Å². The number of halogens is 1. The summed E-state index contributed by atoms with van der Waals surface area (Å²) >= 11 is 5.82. The smallest absolute Gasteiger partial charge is 0.337 e. The molecule has 2 unspecified atom stereocenters. The van der Waals surface area contributed by atoms with Crippen LogP contribution >= 0.6 is 11.6 Å². The highest BCUT2D eigenvalue weighted by Crippen LogP contribution is 2.40. The van der Waals surface area contributed by atoms with Crippen molar-refractivity contribution in [3.05, 3.63) is 28.8 Å². The van der Waals surface area contributed by atoms with Gasteiger partial charge < -0.3 is 5.11 Å². The highest BCUT2D eigenvalue weighted by molar-refractivity contribution is 6.34. The number of hydrogen-bond donors (Lipinski definition) is 1. The van der Waals surface area contributed by atoms with Gasteiger partial charge in [0.1, 0.15) is 0 Å². The number of carbonyl (C=O) groups is 3. The molecule has 6 heteroatoms. The van der Waals surface area contributed by atoms with Crippen molar-refractivity contribution < 1.29 is 19.5 Å². The molecule has 3 rings (SSSR count). The summed E-state index contributed by atoms with van der Waals surface area (Å²) in [6, 6.07) is 4.21. The van der Waals surface area contributed by atoms with E-state index < -0.39 is 5.97 Å². The van der Waals surface area contributed by atoms with E-state index in [0.29, 0.717) is 5.69 Å². The lowest BCUT2D eigenvalue weighted by Gasteiger charge is -2.19. The van der Waals surface area contributed by atoms with Gasteiger partial charge >= 0.3 is 5.97 Å². The molecule has 2 aliphatic rings. The average molecular weight is 308 g/mol. The zero-order valence-corrected chi connectivity index (χ0v) is 12.0. The first-order valence-electron chi connectivity index (χ1n) is 6.91. The molecule has 1 aromatic carbocycles. The summed E-state index contributed by atoms with van der Waals surface area (Å²) in [5.74, 6) is -2.13. The predicted octanol–water partition coefficient (Wildman–Crippen LogP) is 2.72. The lowest BCUT2D eigenvalue weighted by Crippen LogP contribution is -2.31. The van der Waals surface area contributed by atoms with E-state index in [4.69, 9.17) is 16.7 Å². The van der Waals surface area contributed by atoms with Crippen molar-refractivity contribution in [1.29, 1.82) is 0 Å². The Morgan fingerprint density at radius 3 is 2.24 bits per heavy atom. The molecule has 1 aliphatic carbocycles. The molecule has 21 heavy (non-hydrogen) atoms. The van der Waals surface area contributed by atoms with Crippen molar-refractivity contribution in [2.24, 2.45) is 11.8 Å². The molecule has 1 aliphatic heterocycles. The number of amides is 2. The van der Waals surface area contributed by atoms with Crippen molar-refractivity contribution in [2.45, 2.75) is 25.7 Å². The molecular weight excluding hydrogens is 294 g/mol. The minimum Gasteiger partial charge on any atom is -0.478 e. The van der Waals surface area contributed by atoms with Gasteiger partial charge in [0, 0.05) is 0 Å². The number of carbonyl (C=O) groups excluding carboxylic acids is 2. The Balaban J connectivity index is 2.00. The van der Waals surface area contributed by atoms with Gasteiger partial charge in [-0.1, -0.05) is 24.4 Å². The Kier molecular flexibility index (Phi) is 3.45. The first kappa shape index (κ1) is 14.1. The fraction of sp³-hybridized carbons (Fsp3) is 0.400. The molecule has 0 bridgehead atoms. The first-order chi connectivity index (χ1) is 10.0. The summed E-state index contributed by atoms with van der Waals surface area (Å²) < 4.78 is 0. The number of rotatable bonds is 2. The number of carboxylic acids is 1. The number of aromatic carboxylic acids is 1. The Labute approximate surface area is 126 Å². The van der Waals surface area contributed by atoms with E-state index in [9.17, 15) is 14.4 Å². The predicted molar refractivity (Wildman–Crippen MR) is 76.4 cm³/mol. The van der Waals surface area contributed by atoms with Crippen LogP contribution in [0, 0.1) is 11.8 Å². The number of carboxylic acid groups (broad SMARTS) is 1. The van der Waals surface area contributed by atoms with Crippen LogP contribution in [0.15, 0.2) is 18.2 Å². The maximum absolute atomic E-state index is 12.4. The highest BCUT2D eigenvalue weighted by Gasteiger charge is 2.48. The summed E-state index contributed by atoms with van der Waals surface area (Å²) in [5.41, 5.74) is 0.186. The van der Waals surface area contributed by atoms with E-state index in [1.165, 1.54) is 18.2 Å². The molecule has 5 nitrogen and oxygen atoms in total. The molecule has 0 radical (unpaired) electrons. The standard InChI is InChI=1S/C15H14ClNO4/c16-12-6-5-8(7-11(12)15(20)21)17-13(18)9-3-1-2-4-10(9)14(17)19/h5-7,9-10H,1-4H2,(H,20,21). The third kappa shape index (κ3) is 2.21. The fourth-order valence-corrected chi connectivity index (χ4v) is 3.43. The minimum absolute atomic E-state index is 0.0859. The van der Waals surface area contributed by atoms with Crippen LogP contribution in [0.2, 0.25) is 5.02 Å². The second-order valence-electron chi connectivity index (χ2n) is 5.48. The Hall–Kier alpha value is -1.88. The van der Waals surface area contributed by atoms with E-state index in [1.807, 2.05) is 0 Å². The number of fused-ring (bicyclic) bond motifs is 1. The molecule has 2 amide bonds. The average Bonchev–Trinajstić information content (AvgIpc) is 2.72. The van der Waals surface area contributed by atoms with Crippen LogP contribution in [-0.2, 0) is 9.59 Å². The maximum atomic E-state index is 12.4. The van der Waals surface area contributed by atoms with Crippen LogP contribution < -0.4 is 4.90 Å². The van der Waals surface area contributed by atoms with Crippen LogP contribution in [0.1, 0.15) is 36.0 Å². The molecule has 2 fully saturated rings. The van der Waals surface area contributed by atoms with E-state index in [2.05, 4.69) is 0 Å². The van der Waals surface area contributed by atoms with Gasteiger partial charge in [-0.3, -0.25) is 14.5 Å². The Morgan fingerprint density at radius 2 is 1.71 bits per heavy atom. The Bertz CT molecular complexity index is 619. The highest BCUT2D eigenvalue weighted by atomic mass is 35.5. The number of anilines is 1. The number of benzene rings is 1. The van der Waals surface area contributed by atoms with Gasteiger partial charge in [0.05, 0.1) is 28.1 Å². The molecule has 2 atom stereocenters. The monoisotopic (exact) mass is 307 g/mol. The normalized spacial score (nSPS) is 25.1. The van der Waals surface area contributed by atoms with Crippen LogP contribution in [0.25, 0.3) is 0 Å². The first-order valence-corrected chi connectivity index (χ1v) is 7.29. The summed E-state index contributed by atoms with van der Waals surface area (Å²) in [6.45, 7) is 0. The summed E-state index contributed by atoms with van der Waals surface area (Å²) in [5, 5.41) is 9.18. The van der Waals surface area contributed by atoms with Gasteiger partial charge in [0.15, 0.2) is 0 Å². The van der Waals surface area contributed by atoms with Crippen molar-refractivity contribution in [2.75, 3.05) is 4.90 Å². The van der Waals surface area contributed by atoms with Gasteiger partial charge in [-0.15, -0.1) is 0 Å². The van der Waals surface area contributed by atoms with E-state index in [-0.39, 0.29) is 34.2 Å². The molecule has 0 spiro atoms.